The van der Waals surface area contributed by atoms with Gasteiger partial charge in [-0.15, -0.1) is 0 Å². The number of para-hydroxylation sites is 1. The summed E-state index contributed by atoms with van der Waals surface area (Å²) in [6.07, 6.45) is 3.21. The van der Waals surface area contributed by atoms with Gasteiger partial charge in [0.05, 0.1) is 23.7 Å². The summed E-state index contributed by atoms with van der Waals surface area (Å²) in [4.78, 5) is 4.25. The van der Waals surface area contributed by atoms with Crippen LogP contribution in [0, 0.1) is 6.92 Å². The van der Waals surface area contributed by atoms with Crippen molar-refractivity contribution in [3.05, 3.63) is 53.9 Å². The molecule has 156 valence electrons. The Morgan fingerprint density at radius 3 is 2.21 bits per heavy atom. The summed E-state index contributed by atoms with van der Waals surface area (Å²) in [5.74, 6) is -0.580. The first-order valence-corrected chi connectivity index (χ1v) is 12.6. The van der Waals surface area contributed by atoms with Crippen LogP contribution >= 0.6 is 0 Å². The van der Waals surface area contributed by atoms with Crippen LogP contribution in [0.1, 0.15) is 25.0 Å². The van der Waals surface area contributed by atoms with Gasteiger partial charge in [-0.3, -0.25) is 4.98 Å². The molecule has 0 N–H and O–H groups in total. The van der Waals surface area contributed by atoms with Crippen molar-refractivity contribution in [2.45, 2.75) is 27.3 Å². The number of nitrogens with zero attached hydrogens (tertiary/aromatic N) is 3. The molecule has 0 atom stereocenters. The Hall–Kier alpha value is -2.23. The molecule has 0 amide bonds. The maximum Gasteiger partial charge on any atom is 0.227 e. The molecule has 0 aliphatic rings. The molecule has 0 spiro atoms. The Kier molecular flexibility index (Phi) is 5.84. The van der Waals surface area contributed by atoms with Crippen LogP contribution in [0.3, 0.4) is 0 Å². The van der Waals surface area contributed by atoms with Gasteiger partial charge in [-0.25, -0.2) is 16.8 Å². The number of aromatic nitrogens is 2. The normalized spacial score (nSPS) is 12.7. The van der Waals surface area contributed by atoms with Crippen molar-refractivity contribution < 1.29 is 16.8 Å². The largest absolute Gasteiger partial charge is 0.343 e. The van der Waals surface area contributed by atoms with Gasteiger partial charge in [0.2, 0.25) is 20.0 Å². The average Bonchev–Trinajstić information content (AvgIpc) is 2.97. The molecule has 9 heteroatoms. The molecule has 29 heavy (non-hydrogen) atoms. The molecule has 2 aromatic heterocycles. The highest BCUT2D eigenvalue weighted by molar-refractivity contribution is 8.03. The quantitative estimate of drug-likeness (QED) is 0.569. The SMILES string of the molecule is CCS(=O)(=O)N(Cc1cncc(-c2c(C)c3ccccc3n2C)c1)S(=O)(=O)CC. The zero-order valence-corrected chi connectivity index (χ0v) is 18.6. The third-order valence-electron chi connectivity index (χ3n) is 5.09. The number of pyridine rings is 1. The van der Waals surface area contributed by atoms with E-state index in [2.05, 4.69) is 15.6 Å². The number of hydrogen-bond donors (Lipinski definition) is 0. The van der Waals surface area contributed by atoms with Gasteiger partial charge < -0.3 is 4.57 Å². The topological polar surface area (TPSA) is 89.3 Å². The van der Waals surface area contributed by atoms with Crippen LogP contribution in [0.4, 0.5) is 0 Å². The van der Waals surface area contributed by atoms with Crippen molar-refractivity contribution in [2.75, 3.05) is 11.5 Å². The number of benzene rings is 1. The summed E-state index contributed by atoms with van der Waals surface area (Å²) in [7, 11) is -5.90. The van der Waals surface area contributed by atoms with E-state index in [9.17, 15) is 16.8 Å². The summed E-state index contributed by atoms with van der Waals surface area (Å²) >= 11 is 0. The molecule has 0 radical (unpaired) electrons. The Balaban J connectivity index is 2.09. The lowest BCUT2D eigenvalue weighted by atomic mass is 10.1. The molecule has 0 saturated carbocycles. The monoisotopic (exact) mass is 435 g/mol. The zero-order valence-electron chi connectivity index (χ0n) is 17.0. The molecule has 1 aromatic carbocycles. The van der Waals surface area contributed by atoms with E-state index in [-0.39, 0.29) is 18.1 Å². The van der Waals surface area contributed by atoms with Gasteiger partial charge in [-0.1, -0.05) is 21.9 Å². The highest BCUT2D eigenvalue weighted by Gasteiger charge is 2.31. The van der Waals surface area contributed by atoms with E-state index in [4.69, 9.17) is 0 Å². The Labute approximate surface area is 172 Å². The Morgan fingerprint density at radius 1 is 1.00 bits per heavy atom. The summed E-state index contributed by atoms with van der Waals surface area (Å²) < 4.78 is 52.3. The minimum Gasteiger partial charge on any atom is -0.343 e. The van der Waals surface area contributed by atoms with E-state index < -0.39 is 20.0 Å². The molecule has 0 fully saturated rings. The maximum atomic E-state index is 12.4. The van der Waals surface area contributed by atoms with E-state index >= 15 is 0 Å². The zero-order chi connectivity index (χ0) is 21.4. The second-order valence-corrected chi connectivity index (χ2v) is 11.5. The van der Waals surface area contributed by atoms with E-state index in [0.717, 1.165) is 27.7 Å². The van der Waals surface area contributed by atoms with E-state index in [0.29, 0.717) is 9.27 Å². The Bertz CT molecular complexity index is 1190. The van der Waals surface area contributed by atoms with Crippen LogP contribution in [0.2, 0.25) is 0 Å². The van der Waals surface area contributed by atoms with Crippen molar-refractivity contribution in [1.82, 2.24) is 13.3 Å². The number of rotatable bonds is 7. The average molecular weight is 436 g/mol. The summed E-state index contributed by atoms with van der Waals surface area (Å²) in [6.45, 7) is 4.62. The van der Waals surface area contributed by atoms with E-state index in [1.54, 1.807) is 12.3 Å². The number of sulfonamides is 2. The molecule has 0 bridgehead atoms. The molecule has 0 aliphatic carbocycles. The van der Waals surface area contributed by atoms with Gasteiger partial charge in [0.1, 0.15) is 0 Å². The fourth-order valence-electron chi connectivity index (χ4n) is 3.50. The highest BCUT2D eigenvalue weighted by atomic mass is 32.3. The first kappa shape index (κ1) is 21.5. The lowest BCUT2D eigenvalue weighted by Crippen LogP contribution is -2.38. The second kappa shape index (κ2) is 7.89. The van der Waals surface area contributed by atoms with E-state index in [1.807, 2.05) is 32.2 Å². The van der Waals surface area contributed by atoms with Gasteiger partial charge in [0.25, 0.3) is 0 Å². The summed E-state index contributed by atoms with van der Waals surface area (Å²) in [5, 5.41) is 1.12. The van der Waals surface area contributed by atoms with Crippen LogP contribution in [-0.4, -0.2) is 41.6 Å². The van der Waals surface area contributed by atoms with Crippen LogP contribution < -0.4 is 0 Å². The summed E-state index contributed by atoms with van der Waals surface area (Å²) in [5.41, 5.74) is 4.45. The fourth-order valence-corrected chi connectivity index (χ4v) is 6.79. The Morgan fingerprint density at radius 2 is 1.62 bits per heavy atom. The van der Waals surface area contributed by atoms with E-state index in [1.165, 1.54) is 20.0 Å². The molecule has 2 heterocycles. The van der Waals surface area contributed by atoms with Gasteiger partial charge in [-0.2, -0.15) is 0 Å². The standard InChI is InChI=1S/C20H25N3O4S2/c1-5-28(24,25)23(29(26,27)6-2)14-16-11-17(13-21-12-16)20-15(3)18-9-7-8-10-19(18)22(20)4/h7-13H,5-6,14H2,1-4H3. The van der Waals surface area contributed by atoms with Crippen molar-refractivity contribution >= 4 is 30.9 Å². The van der Waals surface area contributed by atoms with Gasteiger partial charge in [-0.05, 0) is 44.0 Å². The van der Waals surface area contributed by atoms with Crippen LogP contribution in [-0.2, 0) is 33.6 Å². The lowest BCUT2D eigenvalue weighted by Gasteiger charge is -2.20. The molecule has 0 unspecified atom stereocenters. The minimum atomic E-state index is -3.93. The van der Waals surface area contributed by atoms with Gasteiger partial charge in [0, 0.05) is 35.9 Å². The number of hydrogen-bond acceptors (Lipinski definition) is 5. The van der Waals surface area contributed by atoms with Crippen LogP contribution in [0.25, 0.3) is 22.2 Å². The van der Waals surface area contributed by atoms with Crippen molar-refractivity contribution in [3.63, 3.8) is 0 Å². The molecule has 3 aromatic rings. The number of aryl methyl sites for hydroxylation is 2. The maximum absolute atomic E-state index is 12.4. The molecular weight excluding hydrogens is 410 g/mol. The highest BCUT2D eigenvalue weighted by Crippen LogP contribution is 2.32. The van der Waals surface area contributed by atoms with Crippen LogP contribution in [0.15, 0.2) is 42.7 Å². The molecule has 7 nitrogen and oxygen atoms in total. The first-order chi connectivity index (χ1) is 13.6. The third-order valence-corrected chi connectivity index (χ3v) is 9.41. The van der Waals surface area contributed by atoms with Crippen molar-refractivity contribution in [1.29, 1.82) is 0 Å². The fraction of sp³-hybridized carbons (Fsp3) is 0.350. The third kappa shape index (κ3) is 3.94. The smallest absolute Gasteiger partial charge is 0.227 e. The first-order valence-electron chi connectivity index (χ1n) is 9.34. The second-order valence-electron chi connectivity index (χ2n) is 6.86. The van der Waals surface area contributed by atoms with Gasteiger partial charge in [0.15, 0.2) is 0 Å². The molecular formula is C20H25N3O4S2. The van der Waals surface area contributed by atoms with Crippen molar-refractivity contribution in [3.8, 4) is 11.3 Å². The summed E-state index contributed by atoms with van der Waals surface area (Å²) in [6, 6.07) is 9.85. The predicted octanol–water partition coefficient (Wildman–Crippen LogP) is 3.05. The minimum absolute atomic E-state index is 0.268. The van der Waals surface area contributed by atoms with Crippen molar-refractivity contribution in [2.24, 2.45) is 7.05 Å². The predicted molar refractivity (Wildman–Crippen MR) is 115 cm³/mol. The van der Waals surface area contributed by atoms with Crippen LogP contribution in [0.5, 0.6) is 0 Å². The molecule has 0 saturated heterocycles. The molecule has 0 aliphatic heterocycles. The van der Waals surface area contributed by atoms with Gasteiger partial charge >= 0.3 is 0 Å². The lowest BCUT2D eigenvalue weighted by molar-refractivity contribution is 0.496. The number of fused-ring (bicyclic) bond motifs is 1. The molecule has 3 rings (SSSR count).